The molecule has 0 atom stereocenters. The summed E-state index contributed by atoms with van der Waals surface area (Å²) in [6.45, 7) is 0. The first-order chi connectivity index (χ1) is 6.36. The van der Waals surface area contributed by atoms with Gasteiger partial charge in [-0.3, -0.25) is 4.79 Å². The summed E-state index contributed by atoms with van der Waals surface area (Å²) in [6, 6.07) is 1.05. The van der Waals surface area contributed by atoms with Crippen LogP contribution in [-0.4, -0.2) is 21.4 Å². The minimum atomic E-state index is -3.90. The van der Waals surface area contributed by atoms with Crippen LogP contribution in [0.2, 0.25) is 0 Å². The molecule has 78 valence electrons. The number of nitrogens with one attached hydrogen (secondary N) is 1. The molecule has 0 bridgehead atoms. The van der Waals surface area contributed by atoms with Crippen LogP contribution in [0.1, 0.15) is 10.6 Å². The summed E-state index contributed by atoms with van der Waals surface area (Å²) in [7, 11) is 2.57. The maximum Gasteiger partial charge on any atom is 0.286 e. The first-order valence-electron chi connectivity index (χ1n) is 3.32. The number of carbonyl (C=O) groups is 1. The van der Waals surface area contributed by atoms with E-state index in [0.29, 0.717) is 0 Å². The van der Waals surface area contributed by atoms with Crippen LogP contribution in [0.25, 0.3) is 0 Å². The minimum Gasteiger partial charge on any atom is -0.443 e. The second kappa shape index (κ2) is 3.92. The molecular weight excluding hydrogens is 297 g/mol. The fourth-order valence-corrected chi connectivity index (χ4v) is 2.79. The molecule has 1 aromatic heterocycles. The van der Waals surface area contributed by atoms with E-state index >= 15 is 0 Å². The van der Waals surface area contributed by atoms with Gasteiger partial charge in [0.05, 0.1) is 0 Å². The lowest BCUT2D eigenvalue weighted by Gasteiger charge is -1.90. The van der Waals surface area contributed by atoms with Crippen LogP contribution in [0.3, 0.4) is 0 Å². The molecule has 0 saturated heterocycles. The molecule has 0 saturated carbocycles. The lowest BCUT2D eigenvalue weighted by Crippen LogP contribution is -2.16. The van der Waals surface area contributed by atoms with E-state index in [-0.39, 0.29) is 15.3 Å². The molecule has 0 spiro atoms. The largest absolute Gasteiger partial charge is 0.443 e. The molecule has 0 radical (unpaired) electrons. The third-order valence-electron chi connectivity index (χ3n) is 1.37. The van der Waals surface area contributed by atoms with E-state index in [9.17, 15) is 13.2 Å². The van der Waals surface area contributed by atoms with Crippen LogP contribution in [0, 0.1) is 0 Å². The zero-order valence-corrected chi connectivity index (χ0v) is 10.0. The highest BCUT2D eigenvalue weighted by molar-refractivity contribution is 9.10. The Bertz CT molecular complexity index is 466. The normalized spacial score (nSPS) is 11.4. The molecule has 1 aromatic rings. The van der Waals surface area contributed by atoms with Crippen LogP contribution in [0.5, 0.6) is 0 Å². The fourth-order valence-electron chi connectivity index (χ4n) is 0.753. The van der Waals surface area contributed by atoms with E-state index in [0.717, 1.165) is 6.07 Å². The molecule has 8 heteroatoms. The zero-order valence-electron chi connectivity index (χ0n) is 6.87. The van der Waals surface area contributed by atoms with Crippen molar-refractivity contribution in [3.05, 3.63) is 16.5 Å². The van der Waals surface area contributed by atoms with Crippen LogP contribution >= 0.6 is 26.6 Å². The summed E-state index contributed by atoms with van der Waals surface area (Å²) < 4.78 is 26.6. The van der Waals surface area contributed by atoms with E-state index in [1.165, 1.54) is 7.05 Å². The Labute approximate surface area is 93.0 Å². The highest BCUT2D eigenvalue weighted by atomic mass is 79.9. The van der Waals surface area contributed by atoms with Crippen molar-refractivity contribution in [2.45, 2.75) is 4.90 Å². The van der Waals surface area contributed by atoms with Crippen LogP contribution < -0.4 is 5.32 Å². The van der Waals surface area contributed by atoms with Gasteiger partial charge in [-0.15, -0.1) is 0 Å². The van der Waals surface area contributed by atoms with Crippen molar-refractivity contribution < 1.29 is 17.6 Å². The van der Waals surface area contributed by atoms with Crippen molar-refractivity contribution in [1.29, 1.82) is 0 Å². The average molecular weight is 303 g/mol. The van der Waals surface area contributed by atoms with E-state index in [2.05, 4.69) is 21.2 Å². The Balaban J connectivity index is 3.25. The van der Waals surface area contributed by atoms with Crippen molar-refractivity contribution in [2.24, 2.45) is 0 Å². The summed E-state index contributed by atoms with van der Waals surface area (Å²) >= 11 is 2.84. The second-order valence-electron chi connectivity index (χ2n) is 2.27. The number of halogens is 2. The van der Waals surface area contributed by atoms with E-state index < -0.39 is 15.0 Å². The van der Waals surface area contributed by atoms with Gasteiger partial charge in [0.15, 0.2) is 10.4 Å². The maximum atomic E-state index is 11.0. The predicted molar refractivity (Wildman–Crippen MR) is 52.8 cm³/mol. The molecule has 1 rings (SSSR count). The van der Waals surface area contributed by atoms with E-state index in [1.807, 2.05) is 0 Å². The number of carbonyl (C=O) groups excluding carboxylic acids is 1. The quantitative estimate of drug-likeness (QED) is 0.836. The van der Waals surface area contributed by atoms with E-state index in [4.69, 9.17) is 15.1 Å². The first kappa shape index (κ1) is 11.5. The highest BCUT2D eigenvalue weighted by Gasteiger charge is 2.22. The first-order valence-corrected chi connectivity index (χ1v) is 6.42. The smallest absolute Gasteiger partial charge is 0.286 e. The molecule has 1 heterocycles. The van der Waals surface area contributed by atoms with E-state index in [1.54, 1.807) is 0 Å². The van der Waals surface area contributed by atoms with Gasteiger partial charge in [-0.1, -0.05) is 0 Å². The molecule has 1 amide bonds. The molecule has 0 aliphatic heterocycles. The van der Waals surface area contributed by atoms with Crippen molar-refractivity contribution in [1.82, 2.24) is 5.32 Å². The Morgan fingerprint density at radius 1 is 1.64 bits per heavy atom. The molecule has 5 nitrogen and oxygen atoms in total. The lowest BCUT2D eigenvalue weighted by atomic mass is 10.4. The van der Waals surface area contributed by atoms with Gasteiger partial charge in [0.25, 0.3) is 15.0 Å². The second-order valence-corrected chi connectivity index (χ2v) is 5.52. The van der Waals surface area contributed by atoms with Crippen molar-refractivity contribution in [3.8, 4) is 0 Å². The summed E-state index contributed by atoms with van der Waals surface area (Å²) in [5.41, 5.74) is 0. The molecule has 0 aromatic carbocycles. The van der Waals surface area contributed by atoms with Crippen LogP contribution in [0.4, 0.5) is 0 Å². The molecule has 1 N–H and O–H groups in total. The SMILES string of the molecule is CNC(=O)c1cc(S(=O)(=O)Cl)c(Br)o1. The van der Waals surface area contributed by atoms with Gasteiger partial charge in [0.1, 0.15) is 4.90 Å². The number of amides is 1. The van der Waals surface area contributed by atoms with Gasteiger partial charge >= 0.3 is 0 Å². The molecular formula is C6H5BrClNO4S. The highest BCUT2D eigenvalue weighted by Crippen LogP contribution is 2.28. The maximum absolute atomic E-state index is 11.0. The molecule has 0 aliphatic rings. The topological polar surface area (TPSA) is 76.4 Å². The fraction of sp³-hybridized carbons (Fsp3) is 0.167. The van der Waals surface area contributed by atoms with Crippen molar-refractivity contribution in [3.63, 3.8) is 0 Å². The molecule has 14 heavy (non-hydrogen) atoms. The zero-order chi connectivity index (χ0) is 10.9. The minimum absolute atomic E-state index is 0.0916. The van der Waals surface area contributed by atoms with Crippen molar-refractivity contribution >= 4 is 41.6 Å². The van der Waals surface area contributed by atoms with Crippen LogP contribution in [-0.2, 0) is 9.05 Å². The lowest BCUT2D eigenvalue weighted by molar-refractivity contribution is 0.0934. The molecule has 0 aliphatic carbocycles. The molecule has 0 fully saturated rings. The number of hydrogen-bond acceptors (Lipinski definition) is 4. The number of rotatable bonds is 2. The third-order valence-corrected chi connectivity index (χ3v) is 3.55. The van der Waals surface area contributed by atoms with Gasteiger partial charge in [0.2, 0.25) is 0 Å². The predicted octanol–water partition coefficient (Wildman–Crippen LogP) is 1.33. The Morgan fingerprint density at radius 3 is 2.57 bits per heavy atom. The summed E-state index contributed by atoms with van der Waals surface area (Å²) in [5.74, 6) is -0.657. The van der Waals surface area contributed by atoms with Crippen molar-refractivity contribution in [2.75, 3.05) is 7.05 Å². The van der Waals surface area contributed by atoms with Gasteiger partial charge in [-0.25, -0.2) is 8.42 Å². The summed E-state index contributed by atoms with van der Waals surface area (Å²) in [5, 5.41) is 2.28. The van der Waals surface area contributed by atoms with Gasteiger partial charge < -0.3 is 9.73 Å². The monoisotopic (exact) mass is 301 g/mol. The summed E-state index contributed by atoms with van der Waals surface area (Å²) in [6.07, 6.45) is 0. The Hall–Kier alpha value is -0.530. The Kier molecular flexibility index (Phi) is 3.23. The molecule has 0 unspecified atom stereocenters. The standard InChI is InChI=1S/C6H5BrClNO4S/c1-9-6(10)3-2-4(5(7)13-3)14(8,11)12/h2H,1H3,(H,9,10). The third kappa shape index (κ3) is 2.28. The Morgan fingerprint density at radius 2 is 2.21 bits per heavy atom. The number of hydrogen-bond donors (Lipinski definition) is 1. The van der Waals surface area contributed by atoms with Gasteiger partial charge in [-0.2, -0.15) is 0 Å². The average Bonchev–Trinajstić information content (AvgIpc) is 2.45. The van der Waals surface area contributed by atoms with Crippen LogP contribution in [0.15, 0.2) is 20.0 Å². The number of furan rings is 1. The van der Waals surface area contributed by atoms with Gasteiger partial charge in [0, 0.05) is 23.8 Å². The summed E-state index contributed by atoms with van der Waals surface area (Å²) in [4.78, 5) is 10.8. The van der Waals surface area contributed by atoms with Gasteiger partial charge in [-0.05, 0) is 15.9 Å².